The van der Waals surface area contributed by atoms with E-state index in [0.29, 0.717) is 6.04 Å². The van der Waals surface area contributed by atoms with Gasteiger partial charge in [-0.2, -0.15) is 0 Å². The largest absolute Gasteiger partial charge is 0.378 e. The standard InChI is InChI=1S/C15H29N3O/c1-6-16-13(17-10-11-7-8-11)18-12-9-15(4,19-5)14(12,2)3/h11-12H,6-10H2,1-5H3,(H2,16,17,18). The molecule has 2 aliphatic carbocycles. The van der Waals surface area contributed by atoms with Crippen LogP contribution in [0.25, 0.3) is 0 Å². The van der Waals surface area contributed by atoms with Crippen molar-refractivity contribution < 1.29 is 4.74 Å². The highest BCUT2D eigenvalue weighted by atomic mass is 16.5. The van der Waals surface area contributed by atoms with Crippen LogP contribution >= 0.6 is 0 Å². The summed E-state index contributed by atoms with van der Waals surface area (Å²) in [6, 6.07) is 0.425. The Kier molecular flexibility index (Phi) is 4.09. The molecule has 2 saturated carbocycles. The van der Waals surface area contributed by atoms with Gasteiger partial charge < -0.3 is 15.4 Å². The van der Waals surface area contributed by atoms with Crippen LogP contribution in [-0.2, 0) is 4.74 Å². The first-order chi connectivity index (χ1) is 8.93. The van der Waals surface area contributed by atoms with E-state index in [4.69, 9.17) is 9.73 Å². The molecule has 110 valence electrons. The molecule has 0 aromatic heterocycles. The van der Waals surface area contributed by atoms with Gasteiger partial charge in [0.2, 0.25) is 0 Å². The van der Waals surface area contributed by atoms with Gasteiger partial charge in [-0.3, -0.25) is 4.99 Å². The summed E-state index contributed by atoms with van der Waals surface area (Å²) in [6.45, 7) is 10.7. The number of hydrogen-bond donors (Lipinski definition) is 2. The Labute approximate surface area is 117 Å². The van der Waals surface area contributed by atoms with Crippen LogP contribution < -0.4 is 10.6 Å². The molecule has 0 saturated heterocycles. The molecule has 2 rings (SSSR count). The first kappa shape index (κ1) is 14.6. The second kappa shape index (κ2) is 5.31. The van der Waals surface area contributed by atoms with E-state index in [2.05, 4.69) is 38.3 Å². The minimum atomic E-state index is -0.0293. The average Bonchev–Trinajstić information content (AvgIpc) is 3.19. The summed E-state index contributed by atoms with van der Waals surface area (Å²) in [5.74, 6) is 1.79. The molecule has 0 radical (unpaired) electrons. The van der Waals surface area contributed by atoms with Crippen LogP contribution in [-0.4, -0.2) is 37.8 Å². The lowest BCUT2D eigenvalue weighted by atomic mass is 9.56. The van der Waals surface area contributed by atoms with Crippen molar-refractivity contribution in [2.75, 3.05) is 20.2 Å². The van der Waals surface area contributed by atoms with E-state index in [1.165, 1.54) is 12.8 Å². The molecule has 0 heterocycles. The summed E-state index contributed by atoms with van der Waals surface area (Å²) in [7, 11) is 1.81. The van der Waals surface area contributed by atoms with Crippen molar-refractivity contribution >= 4 is 5.96 Å². The molecule has 2 atom stereocenters. The minimum Gasteiger partial charge on any atom is -0.378 e. The van der Waals surface area contributed by atoms with Crippen LogP contribution in [0.1, 0.15) is 47.0 Å². The summed E-state index contributed by atoms with van der Waals surface area (Å²) in [5.41, 5.74) is 0.0933. The number of guanidine groups is 1. The first-order valence-corrected chi connectivity index (χ1v) is 7.53. The summed E-state index contributed by atoms with van der Waals surface area (Å²) in [4.78, 5) is 4.69. The number of hydrogen-bond acceptors (Lipinski definition) is 2. The van der Waals surface area contributed by atoms with Gasteiger partial charge in [0.15, 0.2) is 5.96 Å². The molecular weight excluding hydrogens is 238 g/mol. The second-order valence-corrected chi connectivity index (χ2v) is 6.72. The van der Waals surface area contributed by atoms with Gasteiger partial charge in [0.05, 0.1) is 5.60 Å². The third kappa shape index (κ3) is 2.88. The van der Waals surface area contributed by atoms with Crippen LogP contribution in [0.2, 0.25) is 0 Å². The van der Waals surface area contributed by atoms with E-state index < -0.39 is 0 Å². The number of methoxy groups -OCH3 is 1. The predicted octanol–water partition coefficient (Wildman–Crippen LogP) is 2.16. The van der Waals surface area contributed by atoms with Gasteiger partial charge in [-0.25, -0.2) is 0 Å². The van der Waals surface area contributed by atoms with Gasteiger partial charge in [0, 0.05) is 31.7 Å². The highest BCUT2D eigenvalue weighted by molar-refractivity contribution is 5.80. The lowest BCUT2D eigenvalue weighted by Gasteiger charge is -2.59. The molecule has 0 bridgehead atoms. The SMILES string of the molecule is CCNC(=NCC1CC1)NC1CC(C)(OC)C1(C)C. The monoisotopic (exact) mass is 267 g/mol. The topological polar surface area (TPSA) is 45.7 Å². The quantitative estimate of drug-likeness (QED) is 0.593. The van der Waals surface area contributed by atoms with E-state index in [0.717, 1.165) is 31.4 Å². The highest BCUT2D eigenvalue weighted by Crippen LogP contribution is 2.51. The molecule has 4 heteroatoms. The van der Waals surface area contributed by atoms with Crippen molar-refractivity contribution in [1.29, 1.82) is 0 Å². The molecule has 4 nitrogen and oxygen atoms in total. The average molecular weight is 267 g/mol. The van der Waals surface area contributed by atoms with E-state index >= 15 is 0 Å². The summed E-state index contributed by atoms with van der Waals surface area (Å²) < 4.78 is 5.67. The molecule has 2 fully saturated rings. The number of ether oxygens (including phenoxy) is 1. The van der Waals surface area contributed by atoms with Crippen molar-refractivity contribution in [1.82, 2.24) is 10.6 Å². The second-order valence-electron chi connectivity index (χ2n) is 6.72. The Hall–Kier alpha value is -0.770. The fraction of sp³-hybridized carbons (Fsp3) is 0.933. The van der Waals surface area contributed by atoms with Crippen LogP contribution in [0.15, 0.2) is 4.99 Å². The van der Waals surface area contributed by atoms with Crippen LogP contribution in [0, 0.1) is 11.3 Å². The maximum absolute atomic E-state index is 5.67. The third-order valence-corrected chi connectivity index (χ3v) is 5.14. The lowest BCUT2D eigenvalue weighted by Crippen LogP contribution is -2.69. The summed E-state index contributed by atoms with van der Waals surface area (Å²) in [5, 5.41) is 6.92. The number of aliphatic imine (C=N–C) groups is 1. The van der Waals surface area contributed by atoms with Gasteiger partial charge in [0.1, 0.15) is 0 Å². The van der Waals surface area contributed by atoms with Crippen molar-refractivity contribution in [3.8, 4) is 0 Å². The normalized spacial score (nSPS) is 33.7. The Morgan fingerprint density at radius 3 is 2.47 bits per heavy atom. The molecule has 0 spiro atoms. The zero-order chi connectivity index (χ0) is 14.1. The molecule has 0 aliphatic heterocycles. The van der Waals surface area contributed by atoms with Gasteiger partial charge in [-0.05, 0) is 39.0 Å². The Balaban J connectivity index is 1.92. The molecule has 2 unspecified atom stereocenters. The zero-order valence-corrected chi connectivity index (χ0v) is 13.0. The fourth-order valence-corrected chi connectivity index (χ4v) is 2.73. The van der Waals surface area contributed by atoms with E-state index in [1.54, 1.807) is 0 Å². The van der Waals surface area contributed by atoms with E-state index in [9.17, 15) is 0 Å². The van der Waals surface area contributed by atoms with Gasteiger partial charge >= 0.3 is 0 Å². The summed E-state index contributed by atoms with van der Waals surface area (Å²) in [6.07, 6.45) is 3.73. The molecular formula is C15H29N3O. The predicted molar refractivity (Wildman–Crippen MR) is 79.4 cm³/mol. The molecule has 19 heavy (non-hydrogen) atoms. The van der Waals surface area contributed by atoms with Crippen molar-refractivity contribution in [3.05, 3.63) is 0 Å². The number of nitrogens with zero attached hydrogens (tertiary/aromatic N) is 1. The zero-order valence-electron chi connectivity index (χ0n) is 13.0. The fourth-order valence-electron chi connectivity index (χ4n) is 2.73. The van der Waals surface area contributed by atoms with Crippen molar-refractivity contribution in [2.24, 2.45) is 16.3 Å². The first-order valence-electron chi connectivity index (χ1n) is 7.53. The van der Waals surface area contributed by atoms with Gasteiger partial charge in [-0.1, -0.05) is 13.8 Å². The van der Waals surface area contributed by atoms with E-state index in [1.807, 2.05) is 7.11 Å². The van der Waals surface area contributed by atoms with Gasteiger partial charge in [0.25, 0.3) is 0 Å². The lowest BCUT2D eigenvalue weighted by molar-refractivity contribution is -0.176. The molecule has 2 N–H and O–H groups in total. The third-order valence-electron chi connectivity index (χ3n) is 5.14. The maximum Gasteiger partial charge on any atom is 0.191 e. The van der Waals surface area contributed by atoms with Crippen molar-refractivity contribution in [3.63, 3.8) is 0 Å². The minimum absolute atomic E-state index is 0.0293. The Bertz CT molecular complexity index is 349. The number of rotatable bonds is 5. The molecule has 2 aliphatic rings. The highest BCUT2D eigenvalue weighted by Gasteiger charge is 2.58. The van der Waals surface area contributed by atoms with Crippen LogP contribution in [0.3, 0.4) is 0 Å². The molecule has 0 amide bonds. The molecule has 0 aromatic carbocycles. The van der Waals surface area contributed by atoms with Crippen LogP contribution in [0.5, 0.6) is 0 Å². The van der Waals surface area contributed by atoms with E-state index in [-0.39, 0.29) is 11.0 Å². The molecule has 0 aromatic rings. The van der Waals surface area contributed by atoms with Gasteiger partial charge in [-0.15, -0.1) is 0 Å². The number of nitrogens with one attached hydrogen (secondary N) is 2. The van der Waals surface area contributed by atoms with Crippen LogP contribution in [0.4, 0.5) is 0 Å². The Morgan fingerprint density at radius 2 is 2.00 bits per heavy atom. The van der Waals surface area contributed by atoms with Crippen molar-refractivity contribution in [2.45, 2.75) is 58.6 Å². The smallest absolute Gasteiger partial charge is 0.191 e. The maximum atomic E-state index is 5.67. The summed E-state index contributed by atoms with van der Waals surface area (Å²) >= 11 is 0. The Morgan fingerprint density at radius 1 is 1.32 bits per heavy atom.